The molecule has 66 valence electrons. The van der Waals surface area contributed by atoms with Gasteiger partial charge < -0.3 is 0 Å². The molecule has 0 radical (unpaired) electrons. The van der Waals surface area contributed by atoms with Crippen LogP contribution in [0.25, 0.3) is 0 Å². The second-order valence-electron chi connectivity index (χ2n) is 2.62. The molecule has 0 spiro atoms. The van der Waals surface area contributed by atoms with Gasteiger partial charge in [-0.3, -0.25) is 4.79 Å². The van der Waals surface area contributed by atoms with Crippen molar-refractivity contribution in [3.8, 4) is 6.07 Å². The zero-order valence-electron chi connectivity index (χ0n) is 6.96. The van der Waals surface area contributed by atoms with E-state index in [0.29, 0.717) is 18.4 Å². The Morgan fingerprint density at radius 2 is 2.31 bits per heavy atom. The summed E-state index contributed by atoms with van der Waals surface area (Å²) in [5.41, 5.74) is 1.65. The molecule has 0 amide bonds. The third-order valence-electron chi connectivity index (χ3n) is 1.74. The number of aldehydes is 1. The zero-order chi connectivity index (χ0) is 9.68. The first kappa shape index (κ1) is 10.2. The molecule has 0 aliphatic rings. The van der Waals surface area contributed by atoms with E-state index in [2.05, 4.69) is 28.7 Å². The van der Waals surface area contributed by atoms with Crippen LogP contribution in [0.4, 0.5) is 0 Å². The van der Waals surface area contributed by atoms with Crippen molar-refractivity contribution in [3.05, 3.63) is 32.9 Å². The number of benzene rings is 1. The first-order valence-electron chi connectivity index (χ1n) is 3.88. The third-order valence-corrected chi connectivity index (χ3v) is 2.41. The molecule has 3 heteroatoms. The fraction of sp³-hybridized carbons (Fsp3) is 0.200. The van der Waals surface area contributed by atoms with Crippen LogP contribution in [0, 0.1) is 14.9 Å². The van der Waals surface area contributed by atoms with E-state index in [4.69, 9.17) is 5.26 Å². The van der Waals surface area contributed by atoms with E-state index in [1.54, 1.807) is 0 Å². The molecular formula is C10H8INO. The molecule has 0 aliphatic heterocycles. The highest BCUT2D eigenvalue weighted by Crippen LogP contribution is 2.13. The Balaban J connectivity index is 2.93. The molecule has 2 nitrogen and oxygen atoms in total. The van der Waals surface area contributed by atoms with Crippen LogP contribution < -0.4 is 0 Å². The lowest BCUT2D eigenvalue weighted by atomic mass is 10.0. The molecule has 0 N–H and O–H groups in total. The fourth-order valence-corrected chi connectivity index (χ4v) is 1.61. The van der Waals surface area contributed by atoms with Crippen molar-refractivity contribution in [2.24, 2.45) is 0 Å². The predicted molar refractivity (Wildman–Crippen MR) is 58.5 cm³/mol. The van der Waals surface area contributed by atoms with Crippen molar-refractivity contribution in [1.82, 2.24) is 0 Å². The summed E-state index contributed by atoms with van der Waals surface area (Å²) >= 11 is 2.16. The summed E-state index contributed by atoms with van der Waals surface area (Å²) in [6.07, 6.45) is 1.96. The third kappa shape index (κ3) is 2.81. The van der Waals surface area contributed by atoms with Crippen LogP contribution in [-0.4, -0.2) is 6.29 Å². The molecule has 0 fully saturated rings. The summed E-state index contributed by atoms with van der Waals surface area (Å²) in [4.78, 5) is 10.7. The zero-order valence-corrected chi connectivity index (χ0v) is 9.11. The highest BCUT2D eigenvalue weighted by molar-refractivity contribution is 14.1. The van der Waals surface area contributed by atoms with Crippen LogP contribution in [0.1, 0.15) is 22.3 Å². The van der Waals surface area contributed by atoms with E-state index in [1.807, 2.05) is 18.2 Å². The second-order valence-corrected chi connectivity index (χ2v) is 3.86. The number of carbonyl (C=O) groups is 1. The van der Waals surface area contributed by atoms with Gasteiger partial charge in [0.25, 0.3) is 0 Å². The highest BCUT2D eigenvalue weighted by atomic mass is 127. The minimum absolute atomic E-state index is 0.460. The Kier molecular flexibility index (Phi) is 3.90. The van der Waals surface area contributed by atoms with Crippen molar-refractivity contribution >= 4 is 28.9 Å². The predicted octanol–water partition coefficient (Wildman–Crippen LogP) is 2.56. The molecule has 0 aromatic heterocycles. The lowest BCUT2D eigenvalue weighted by Gasteiger charge is -2.01. The van der Waals surface area contributed by atoms with Crippen LogP contribution in [0.2, 0.25) is 0 Å². The molecule has 0 aliphatic carbocycles. The molecule has 0 unspecified atom stereocenters. The Labute approximate surface area is 90.7 Å². The highest BCUT2D eigenvalue weighted by Gasteiger charge is 2.01. The van der Waals surface area contributed by atoms with Gasteiger partial charge in [-0.1, -0.05) is 6.07 Å². The topological polar surface area (TPSA) is 40.9 Å². The lowest BCUT2D eigenvalue weighted by Crippen LogP contribution is -1.92. The average molecular weight is 285 g/mol. The van der Waals surface area contributed by atoms with Gasteiger partial charge in [-0.15, -0.1) is 0 Å². The van der Waals surface area contributed by atoms with Gasteiger partial charge in [-0.05, 0) is 46.7 Å². The largest absolute Gasteiger partial charge is 0.298 e. The van der Waals surface area contributed by atoms with Gasteiger partial charge >= 0.3 is 0 Å². The molecule has 13 heavy (non-hydrogen) atoms. The van der Waals surface area contributed by atoms with Crippen LogP contribution in [0.15, 0.2) is 18.2 Å². The summed E-state index contributed by atoms with van der Waals surface area (Å²) in [7, 11) is 0. The monoisotopic (exact) mass is 285 g/mol. The lowest BCUT2D eigenvalue weighted by molar-refractivity contribution is 0.112. The maximum absolute atomic E-state index is 10.7. The minimum atomic E-state index is 0.460. The minimum Gasteiger partial charge on any atom is -0.298 e. The van der Waals surface area contributed by atoms with Gasteiger partial charge in [0.2, 0.25) is 0 Å². The van der Waals surface area contributed by atoms with Gasteiger partial charge in [-0.25, -0.2) is 0 Å². The number of rotatable bonds is 3. The van der Waals surface area contributed by atoms with Gasteiger partial charge in [0.15, 0.2) is 0 Å². The molecule has 1 aromatic carbocycles. The van der Waals surface area contributed by atoms with Crippen molar-refractivity contribution < 1.29 is 4.79 Å². The molecular weight excluding hydrogens is 277 g/mol. The van der Waals surface area contributed by atoms with Crippen molar-refractivity contribution in [3.63, 3.8) is 0 Å². The average Bonchev–Trinajstić information content (AvgIpc) is 2.16. The summed E-state index contributed by atoms with van der Waals surface area (Å²) in [5, 5.41) is 8.41. The summed E-state index contributed by atoms with van der Waals surface area (Å²) in [6.45, 7) is 0. The number of hydrogen-bond acceptors (Lipinski definition) is 2. The molecule has 1 rings (SSSR count). The number of halogens is 1. The van der Waals surface area contributed by atoms with Crippen molar-refractivity contribution in [1.29, 1.82) is 5.26 Å². The van der Waals surface area contributed by atoms with E-state index in [1.165, 1.54) is 0 Å². The maximum atomic E-state index is 10.7. The van der Waals surface area contributed by atoms with Crippen LogP contribution in [0.3, 0.4) is 0 Å². The Morgan fingerprint density at radius 1 is 1.54 bits per heavy atom. The number of nitriles is 1. The summed E-state index contributed by atoms with van der Waals surface area (Å²) < 4.78 is 1.04. The molecule has 0 saturated heterocycles. The molecule has 1 aromatic rings. The smallest absolute Gasteiger partial charge is 0.150 e. The van der Waals surface area contributed by atoms with Gasteiger partial charge in [0.1, 0.15) is 6.29 Å². The van der Waals surface area contributed by atoms with Crippen LogP contribution >= 0.6 is 22.6 Å². The van der Waals surface area contributed by atoms with E-state index in [0.717, 1.165) is 15.4 Å². The van der Waals surface area contributed by atoms with E-state index >= 15 is 0 Å². The van der Waals surface area contributed by atoms with Gasteiger partial charge in [0, 0.05) is 15.6 Å². The first-order chi connectivity index (χ1) is 6.27. The number of aryl methyl sites for hydroxylation is 1. The van der Waals surface area contributed by atoms with E-state index in [9.17, 15) is 4.79 Å². The second kappa shape index (κ2) is 4.97. The number of hydrogen-bond donors (Lipinski definition) is 0. The molecule has 0 saturated carbocycles. The normalized spacial score (nSPS) is 9.23. The van der Waals surface area contributed by atoms with Crippen LogP contribution in [-0.2, 0) is 6.42 Å². The quantitative estimate of drug-likeness (QED) is 0.632. The number of carbonyl (C=O) groups excluding carboxylic acids is 1. The molecule has 0 bridgehead atoms. The molecule has 0 atom stereocenters. The molecule has 0 heterocycles. The Morgan fingerprint density at radius 3 is 2.92 bits per heavy atom. The summed E-state index contributed by atoms with van der Waals surface area (Å²) in [5.74, 6) is 0. The van der Waals surface area contributed by atoms with E-state index in [-0.39, 0.29) is 0 Å². The Hall–Kier alpha value is -0.890. The van der Waals surface area contributed by atoms with Gasteiger partial charge in [0.05, 0.1) is 6.07 Å². The Bertz CT molecular complexity index is 354. The standard InChI is InChI=1S/C10H8INO/c11-10-4-3-8(2-1-5-12)9(6-10)7-13/h3-4,6-7H,1-2H2. The fourth-order valence-electron chi connectivity index (χ4n) is 1.09. The summed E-state index contributed by atoms with van der Waals surface area (Å²) in [6, 6.07) is 7.75. The van der Waals surface area contributed by atoms with Gasteiger partial charge in [-0.2, -0.15) is 5.26 Å². The van der Waals surface area contributed by atoms with Crippen molar-refractivity contribution in [2.75, 3.05) is 0 Å². The van der Waals surface area contributed by atoms with Crippen LogP contribution in [0.5, 0.6) is 0 Å². The van der Waals surface area contributed by atoms with E-state index < -0.39 is 0 Å². The number of nitrogens with zero attached hydrogens (tertiary/aromatic N) is 1. The maximum Gasteiger partial charge on any atom is 0.150 e. The first-order valence-corrected chi connectivity index (χ1v) is 4.96. The SMILES string of the molecule is N#CCCc1ccc(I)cc1C=O. The van der Waals surface area contributed by atoms with Crippen molar-refractivity contribution in [2.45, 2.75) is 12.8 Å².